The van der Waals surface area contributed by atoms with E-state index >= 15 is 0 Å². The molecule has 2 rings (SSSR count). The number of nitrogens with one attached hydrogen (secondary N) is 1. The molecule has 5 heteroatoms. The molecule has 0 atom stereocenters. The van der Waals surface area contributed by atoms with Crippen LogP contribution >= 0.6 is 24.0 Å². The number of thioether (sulfide) groups is 1. The molecule has 2 aromatic heterocycles. The van der Waals surface area contributed by atoms with E-state index in [1.165, 1.54) is 0 Å². The molecule has 0 fully saturated rings. The van der Waals surface area contributed by atoms with Crippen LogP contribution in [0.4, 0.5) is 0 Å². The van der Waals surface area contributed by atoms with Gasteiger partial charge in [-0.3, -0.25) is 0 Å². The van der Waals surface area contributed by atoms with Crippen molar-refractivity contribution in [1.82, 2.24) is 14.5 Å². The number of imidazole rings is 1. The van der Waals surface area contributed by atoms with Gasteiger partial charge in [-0.15, -0.1) is 0 Å². The van der Waals surface area contributed by atoms with Crippen molar-refractivity contribution in [1.29, 1.82) is 0 Å². The first-order chi connectivity index (χ1) is 7.53. The highest BCUT2D eigenvalue weighted by atomic mass is 32.2. The summed E-state index contributed by atoms with van der Waals surface area (Å²) in [5.41, 5.74) is 1.94. The Morgan fingerprint density at radius 2 is 2.31 bits per heavy atom. The molecule has 0 saturated heterocycles. The van der Waals surface area contributed by atoms with Gasteiger partial charge in [0.1, 0.15) is 0 Å². The zero-order chi connectivity index (χ0) is 11.8. The maximum absolute atomic E-state index is 5.33. The molecule has 0 radical (unpaired) electrons. The molecule has 0 spiro atoms. The molecule has 0 aliphatic heterocycles. The van der Waals surface area contributed by atoms with Gasteiger partial charge >= 0.3 is 0 Å². The summed E-state index contributed by atoms with van der Waals surface area (Å²) < 4.78 is 2.97. The standard InChI is InChI=1S/C11H15N3S2/c1-11(2,16-3)7-14-9-8(13-10(14)15)5-4-6-12-9/h4-6H,7H2,1-3H3,(H,13,15). The third-order valence-electron chi connectivity index (χ3n) is 2.62. The first-order valence-corrected chi connectivity index (χ1v) is 6.75. The molecule has 0 amide bonds. The van der Waals surface area contributed by atoms with Gasteiger partial charge in [-0.1, -0.05) is 0 Å². The Kier molecular flexibility index (Phi) is 3.08. The molecule has 0 unspecified atom stereocenters. The highest BCUT2D eigenvalue weighted by molar-refractivity contribution is 7.99. The van der Waals surface area contributed by atoms with E-state index in [9.17, 15) is 0 Å². The fourth-order valence-corrected chi connectivity index (χ4v) is 2.10. The first-order valence-electron chi connectivity index (χ1n) is 5.12. The van der Waals surface area contributed by atoms with Crippen LogP contribution in [0.1, 0.15) is 13.8 Å². The molecule has 0 aliphatic carbocycles. The van der Waals surface area contributed by atoms with Crippen LogP contribution in [0.3, 0.4) is 0 Å². The molecule has 0 saturated carbocycles. The highest BCUT2D eigenvalue weighted by Crippen LogP contribution is 2.25. The fraction of sp³-hybridized carbons (Fsp3) is 0.455. The number of nitrogens with zero attached hydrogens (tertiary/aromatic N) is 2. The maximum atomic E-state index is 5.33. The summed E-state index contributed by atoms with van der Waals surface area (Å²) in [6.07, 6.45) is 3.92. The number of hydrogen-bond acceptors (Lipinski definition) is 3. The lowest BCUT2D eigenvalue weighted by molar-refractivity contribution is 0.572. The Bertz CT molecular complexity index is 554. The lowest BCUT2D eigenvalue weighted by Crippen LogP contribution is -2.22. The third-order valence-corrected chi connectivity index (χ3v) is 4.18. The molecule has 3 nitrogen and oxygen atoms in total. The van der Waals surface area contributed by atoms with Crippen LogP contribution in [-0.2, 0) is 6.54 Å². The van der Waals surface area contributed by atoms with E-state index in [0.717, 1.165) is 22.5 Å². The molecule has 16 heavy (non-hydrogen) atoms. The van der Waals surface area contributed by atoms with Crippen LogP contribution < -0.4 is 0 Å². The molecule has 0 aromatic carbocycles. The number of pyridine rings is 1. The number of aromatic amines is 1. The quantitative estimate of drug-likeness (QED) is 0.853. The molecule has 86 valence electrons. The number of aromatic nitrogens is 3. The van der Waals surface area contributed by atoms with Crippen molar-refractivity contribution in [2.24, 2.45) is 0 Å². The van der Waals surface area contributed by atoms with Gasteiger partial charge in [-0.25, -0.2) is 4.98 Å². The fourth-order valence-electron chi connectivity index (χ4n) is 1.58. The third kappa shape index (κ3) is 2.15. The normalized spacial score (nSPS) is 12.2. The average Bonchev–Trinajstić information content (AvgIpc) is 2.56. The summed E-state index contributed by atoms with van der Waals surface area (Å²) in [6.45, 7) is 5.28. The lowest BCUT2D eigenvalue weighted by atomic mass is 10.2. The van der Waals surface area contributed by atoms with Gasteiger partial charge in [-0.2, -0.15) is 11.8 Å². The second-order valence-electron chi connectivity index (χ2n) is 4.35. The molecule has 1 N–H and O–H groups in total. The van der Waals surface area contributed by atoms with E-state index < -0.39 is 0 Å². The van der Waals surface area contributed by atoms with Crippen LogP contribution in [0.15, 0.2) is 18.3 Å². The second-order valence-corrected chi connectivity index (χ2v) is 6.25. The molecule has 2 aromatic rings. The molecular formula is C11H15N3S2. The predicted molar refractivity (Wildman–Crippen MR) is 72.5 cm³/mol. The predicted octanol–water partition coefficient (Wildman–Crippen LogP) is 3.24. The number of fused-ring (bicyclic) bond motifs is 1. The molecule has 0 bridgehead atoms. The topological polar surface area (TPSA) is 33.6 Å². The zero-order valence-electron chi connectivity index (χ0n) is 9.65. The molecule has 2 heterocycles. The number of H-pyrrole nitrogens is 1. The van der Waals surface area contributed by atoms with Gasteiger partial charge in [0, 0.05) is 17.5 Å². The van der Waals surface area contributed by atoms with E-state index in [1.807, 2.05) is 23.9 Å². The lowest BCUT2D eigenvalue weighted by Gasteiger charge is -2.22. The van der Waals surface area contributed by atoms with E-state index in [1.54, 1.807) is 6.20 Å². The smallest absolute Gasteiger partial charge is 0.179 e. The van der Waals surface area contributed by atoms with Crippen molar-refractivity contribution in [3.8, 4) is 0 Å². The summed E-state index contributed by atoms with van der Waals surface area (Å²) >= 11 is 7.16. The summed E-state index contributed by atoms with van der Waals surface area (Å²) in [5.74, 6) is 0. The van der Waals surface area contributed by atoms with E-state index in [-0.39, 0.29) is 4.75 Å². The zero-order valence-corrected chi connectivity index (χ0v) is 11.3. The first kappa shape index (κ1) is 11.7. The maximum Gasteiger partial charge on any atom is 0.179 e. The van der Waals surface area contributed by atoms with Gasteiger partial charge in [0.25, 0.3) is 0 Å². The summed E-state index contributed by atoms with van der Waals surface area (Å²) in [6, 6.07) is 3.92. The van der Waals surface area contributed by atoms with Gasteiger partial charge in [0.2, 0.25) is 0 Å². The minimum Gasteiger partial charge on any atom is -0.329 e. The van der Waals surface area contributed by atoms with Crippen LogP contribution in [0.2, 0.25) is 0 Å². The van der Waals surface area contributed by atoms with Crippen molar-refractivity contribution in [2.75, 3.05) is 6.26 Å². The second kappa shape index (κ2) is 4.22. The van der Waals surface area contributed by atoms with Crippen molar-refractivity contribution in [2.45, 2.75) is 25.1 Å². The summed E-state index contributed by atoms with van der Waals surface area (Å²) in [5, 5.41) is 0. The summed E-state index contributed by atoms with van der Waals surface area (Å²) in [7, 11) is 0. The molecular weight excluding hydrogens is 238 g/mol. The van der Waals surface area contributed by atoms with Gasteiger partial charge in [0.05, 0.1) is 5.52 Å². The Balaban J connectivity index is 2.52. The van der Waals surface area contributed by atoms with Crippen LogP contribution in [0.25, 0.3) is 11.2 Å². The summed E-state index contributed by atoms with van der Waals surface area (Å²) in [4.78, 5) is 7.56. The SMILES string of the molecule is CSC(C)(C)Cn1c(=S)[nH]c2cccnc21. The van der Waals surface area contributed by atoms with Crippen LogP contribution in [0.5, 0.6) is 0 Å². The van der Waals surface area contributed by atoms with E-state index in [2.05, 4.69) is 34.6 Å². The monoisotopic (exact) mass is 253 g/mol. The van der Waals surface area contributed by atoms with Crippen molar-refractivity contribution < 1.29 is 0 Å². The minimum absolute atomic E-state index is 0.158. The Labute approximate surface area is 104 Å². The largest absolute Gasteiger partial charge is 0.329 e. The Hall–Kier alpha value is -0.810. The average molecular weight is 253 g/mol. The van der Waals surface area contributed by atoms with E-state index in [4.69, 9.17) is 12.2 Å². The number of rotatable bonds is 3. The number of hydrogen-bond donors (Lipinski definition) is 1. The van der Waals surface area contributed by atoms with Crippen LogP contribution in [0, 0.1) is 4.77 Å². The highest BCUT2D eigenvalue weighted by Gasteiger charge is 2.19. The van der Waals surface area contributed by atoms with Crippen LogP contribution in [-0.4, -0.2) is 25.5 Å². The van der Waals surface area contributed by atoms with Gasteiger partial charge < -0.3 is 9.55 Å². The minimum atomic E-state index is 0.158. The molecule has 0 aliphatic rings. The van der Waals surface area contributed by atoms with Crippen molar-refractivity contribution in [3.05, 3.63) is 23.1 Å². The van der Waals surface area contributed by atoms with E-state index in [0.29, 0.717) is 0 Å². The van der Waals surface area contributed by atoms with Crippen molar-refractivity contribution >= 4 is 35.1 Å². The van der Waals surface area contributed by atoms with Gasteiger partial charge in [0.15, 0.2) is 10.4 Å². The van der Waals surface area contributed by atoms with Crippen molar-refractivity contribution in [3.63, 3.8) is 0 Å². The van der Waals surface area contributed by atoms with Gasteiger partial charge in [-0.05, 0) is 44.5 Å². The Morgan fingerprint density at radius 3 is 3.00 bits per heavy atom. The Morgan fingerprint density at radius 1 is 1.56 bits per heavy atom.